The van der Waals surface area contributed by atoms with E-state index in [2.05, 4.69) is 15.0 Å². The van der Waals surface area contributed by atoms with Crippen LogP contribution in [0.4, 0.5) is 13.2 Å². The molecule has 0 spiro atoms. The van der Waals surface area contributed by atoms with E-state index in [1.54, 1.807) is 0 Å². The number of hydrogen-bond donors (Lipinski definition) is 1. The number of alkyl halides is 3. The predicted molar refractivity (Wildman–Crippen MR) is 61.5 cm³/mol. The molecule has 3 rings (SSSR count). The Kier molecular flexibility index (Phi) is 3.45. The Morgan fingerprint density at radius 2 is 1.90 bits per heavy atom. The topological polar surface area (TPSA) is 62.4 Å². The quantitative estimate of drug-likeness (QED) is 0.902. The van der Waals surface area contributed by atoms with Gasteiger partial charge in [-0.05, 0) is 25.7 Å². The molecule has 2 bridgehead atoms. The van der Waals surface area contributed by atoms with E-state index in [9.17, 15) is 18.3 Å². The number of hydrogen-bond acceptors (Lipinski definition) is 5. The molecular weight excluding hydrogens is 275 g/mol. The number of rotatable bonds is 2. The fourth-order valence-electron chi connectivity index (χ4n) is 3.30. The Morgan fingerprint density at radius 3 is 2.45 bits per heavy atom. The smallest absolute Gasteiger partial charge is 0.393 e. The molecule has 0 radical (unpaired) electrons. The van der Waals surface area contributed by atoms with Crippen molar-refractivity contribution in [2.45, 2.75) is 63.0 Å². The molecule has 1 aromatic heterocycles. The van der Waals surface area contributed by atoms with Gasteiger partial charge in [0.05, 0.1) is 12.6 Å². The molecule has 0 aromatic carbocycles. The van der Waals surface area contributed by atoms with Gasteiger partial charge in [0.25, 0.3) is 5.82 Å². The molecule has 1 aromatic rings. The molecule has 3 atom stereocenters. The van der Waals surface area contributed by atoms with Crippen molar-refractivity contribution >= 4 is 0 Å². The van der Waals surface area contributed by atoms with Crippen LogP contribution in [0.15, 0.2) is 4.52 Å². The molecule has 2 aliphatic rings. The number of aliphatic hydroxyl groups is 1. The standard InChI is InChI=1S/C12H16F3N3O2/c13-12(14,15)11-16-10(20-17-11)6-18-7-2-1-3-8(18)5-9(19)4-7/h7-9,19H,1-6H2/t7-,8+,9?. The normalized spacial score (nSPS) is 31.5. The molecular formula is C12H16F3N3O2. The summed E-state index contributed by atoms with van der Waals surface area (Å²) < 4.78 is 42.0. The van der Waals surface area contributed by atoms with Crippen LogP contribution >= 0.6 is 0 Å². The maximum atomic E-state index is 12.4. The Labute approximate surface area is 113 Å². The van der Waals surface area contributed by atoms with Crippen molar-refractivity contribution in [3.05, 3.63) is 11.7 Å². The average molecular weight is 291 g/mol. The lowest BCUT2D eigenvalue weighted by atomic mass is 9.83. The lowest BCUT2D eigenvalue weighted by Crippen LogP contribution is -2.52. The average Bonchev–Trinajstić information content (AvgIpc) is 2.78. The summed E-state index contributed by atoms with van der Waals surface area (Å²) in [5.74, 6) is -1.24. The minimum absolute atomic E-state index is 0.00869. The molecule has 3 heterocycles. The van der Waals surface area contributed by atoms with Crippen LogP contribution in [-0.4, -0.2) is 38.3 Å². The summed E-state index contributed by atoms with van der Waals surface area (Å²) in [6.45, 7) is 0.227. The second-order valence-corrected chi connectivity index (χ2v) is 5.55. The van der Waals surface area contributed by atoms with Crippen molar-refractivity contribution < 1.29 is 22.8 Å². The first-order valence-corrected chi connectivity index (χ1v) is 6.77. The Hall–Kier alpha value is -1.15. The fraction of sp³-hybridized carbons (Fsp3) is 0.833. The highest BCUT2D eigenvalue weighted by molar-refractivity contribution is 4.96. The second kappa shape index (κ2) is 5.00. The van der Waals surface area contributed by atoms with Gasteiger partial charge in [-0.15, -0.1) is 0 Å². The van der Waals surface area contributed by atoms with Crippen molar-refractivity contribution in [1.82, 2.24) is 15.0 Å². The highest BCUT2D eigenvalue weighted by Gasteiger charge is 2.40. The molecule has 0 amide bonds. The van der Waals surface area contributed by atoms with Crippen molar-refractivity contribution in [3.8, 4) is 0 Å². The van der Waals surface area contributed by atoms with E-state index in [1.807, 2.05) is 0 Å². The summed E-state index contributed by atoms with van der Waals surface area (Å²) in [7, 11) is 0. The van der Waals surface area contributed by atoms with E-state index in [-0.39, 0.29) is 30.6 Å². The number of piperidine rings is 2. The van der Waals surface area contributed by atoms with Gasteiger partial charge in [-0.2, -0.15) is 18.2 Å². The summed E-state index contributed by atoms with van der Waals surface area (Å²) >= 11 is 0. The molecule has 1 unspecified atom stereocenters. The fourth-order valence-corrected chi connectivity index (χ4v) is 3.30. The first-order chi connectivity index (χ1) is 9.43. The van der Waals surface area contributed by atoms with Crippen LogP contribution in [0.25, 0.3) is 0 Å². The van der Waals surface area contributed by atoms with Gasteiger partial charge >= 0.3 is 6.18 Å². The van der Waals surface area contributed by atoms with Crippen molar-refractivity contribution in [1.29, 1.82) is 0 Å². The summed E-state index contributed by atoms with van der Waals surface area (Å²) in [5.41, 5.74) is 0. The van der Waals surface area contributed by atoms with Gasteiger partial charge in [0.1, 0.15) is 0 Å². The van der Waals surface area contributed by atoms with Gasteiger partial charge in [-0.3, -0.25) is 4.90 Å². The van der Waals surface area contributed by atoms with E-state index < -0.39 is 12.0 Å². The third kappa shape index (κ3) is 2.67. The van der Waals surface area contributed by atoms with Gasteiger partial charge in [0, 0.05) is 12.1 Å². The van der Waals surface area contributed by atoms with Crippen LogP contribution in [0.3, 0.4) is 0 Å². The van der Waals surface area contributed by atoms with Gasteiger partial charge in [-0.1, -0.05) is 11.6 Å². The minimum Gasteiger partial charge on any atom is -0.393 e. The summed E-state index contributed by atoms with van der Waals surface area (Å²) in [6.07, 6.45) is -0.559. The largest absolute Gasteiger partial charge is 0.455 e. The lowest BCUT2D eigenvalue weighted by molar-refractivity contribution is -0.146. The van der Waals surface area contributed by atoms with Gasteiger partial charge in [-0.25, -0.2) is 0 Å². The first-order valence-electron chi connectivity index (χ1n) is 6.77. The maximum Gasteiger partial charge on any atom is 0.455 e. The van der Waals surface area contributed by atoms with Crippen LogP contribution < -0.4 is 0 Å². The molecule has 20 heavy (non-hydrogen) atoms. The zero-order chi connectivity index (χ0) is 14.3. The van der Waals surface area contributed by atoms with E-state index >= 15 is 0 Å². The van der Waals surface area contributed by atoms with E-state index in [1.165, 1.54) is 0 Å². The number of nitrogens with zero attached hydrogens (tertiary/aromatic N) is 3. The van der Waals surface area contributed by atoms with E-state index in [4.69, 9.17) is 4.52 Å². The highest BCUT2D eigenvalue weighted by Crippen LogP contribution is 2.35. The van der Waals surface area contributed by atoms with Crippen LogP contribution in [-0.2, 0) is 12.7 Å². The third-order valence-electron chi connectivity index (χ3n) is 4.14. The SMILES string of the molecule is OC1C[C@H]2CCC[C@@H](C1)N2Cc1nc(C(F)(F)F)no1. The maximum absolute atomic E-state index is 12.4. The third-order valence-corrected chi connectivity index (χ3v) is 4.14. The predicted octanol–water partition coefficient (Wildman–Crippen LogP) is 1.97. The Morgan fingerprint density at radius 1 is 1.25 bits per heavy atom. The monoisotopic (exact) mass is 291 g/mol. The molecule has 5 nitrogen and oxygen atoms in total. The number of fused-ring (bicyclic) bond motifs is 2. The lowest BCUT2D eigenvalue weighted by Gasteiger charge is -2.47. The van der Waals surface area contributed by atoms with E-state index in [0.717, 1.165) is 19.3 Å². The zero-order valence-electron chi connectivity index (χ0n) is 10.8. The molecule has 0 saturated carbocycles. The molecule has 1 N–H and O–H groups in total. The summed E-state index contributed by atoms with van der Waals surface area (Å²) in [5, 5.41) is 12.8. The molecule has 112 valence electrons. The van der Waals surface area contributed by atoms with Crippen molar-refractivity contribution in [2.75, 3.05) is 0 Å². The van der Waals surface area contributed by atoms with Gasteiger partial charge < -0.3 is 9.63 Å². The van der Waals surface area contributed by atoms with E-state index in [0.29, 0.717) is 12.8 Å². The molecule has 0 aliphatic carbocycles. The number of aromatic nitrogens is 2. The molecule has 2 saturated heterocycles. The molecule has 8 heteroatoms. The summed E-state index contributed by atoms with van der Waals surface area (Å²) in [6, 6.07) is 0.387. The number of halogens is 3. The highest BCUT2D eigenvalue weighted by atomic mass is 19.4. The van der Waals surface area contributed by atoms with Crippen LogP contribution in [0, 0.1) is 0 Å². The van der Waals surface area contributed by atoms with Crippen molar-refractivity contribution in [2.24, 2.45) is 0 Å². The van der Waals surface area contributed by atoms with Crippen LogP contribution in [0.1, 0.15) is 43.8 Å². The molecule has 2 fully saturated rings. The zero-order valence-corrected chi connectivity index (χ0v) is 10.8. The van der Waals surface area contributed by atoms with Gasteiger partial charge in [0.15, 0.2) is 0 Å². The van der Waals surface area contributed by atoms with Crippen LogP contribution in [0.2, 0.25) is 0 Å². The Bertz CT molecular complexity index is 463. The van der Waals surface area contributed by atoms with Crippen molar-refractivity contribution in [3.63, 3.8) is 0 Å². The minimum atomic E-state index is -4.57. The van der Waals surface area contributed by atoms with Crippen LogP contribution in [0.5, 0.6) is 0 Å². The molecule has 2 aliphatic heterocycles. The Balaban J connectivity index is 1.72. The first kappa shape index (κ1) is 13.8. The summed E-state index contributed by atoms with van der Waals surface area (Å²) in [4.78, 5) is 5.52. The van der Waals surface area contributed by atoms with Gasteiger partial charge in [0.2, 0.25) is 5.89 Å². The number of aliphatic hydroxyl groups excluding tert-OH is 1. The second-order valence-electron chi connectivity index (χ2n) is 5.55.